The molecule has 1 aromatic carbocycles. The summed E-state index contributed by atoms with van der Waals surface area (Å²) in [5, 5.41) is 5.04. The SMILES string of the molecule is Cc1cc(C)cc(N[C@H](C)C(=O)NC(N)=O)c1. The molecule has 92 valence electrons. The molecule has 1 aromatic rings. The van der Waals surface area contributed by atoms with Crippen LogP contribution < -0.4 is 16.4 Å². The Kier molecular flexibility index (Phi) is 4.09. The number of anilines is 1. The van der Waals surface area contributed by atoms with Crippen molar-refractivity contribution in [2.24, 2.45) is 5.73 Å². The summed E-state index contributed by atoms with van der Waals surface area (Å²) in [6.07, 6.45) is 0. The minimum absolute atomic E-state index is 0.448. The third-order valence-electron chi connectivity index (χ3n) is 2.24. The molecule has 0 aliphatic carbocycles. The number of rotatable bonds is 3. The molecule has 0 aromatic heterocycles. The van der Waals surface area contributed by atoms with E-state index in [1.807, 2.05) is 37.4 Å². The number of primary amides is 1. The van der Waals surface area contributed by atoms with Gasteiger partial charge < -0.3 is 11.1 Å². The molecule has 1 rings (SSSR count). The summed E-state index contributed by atoms with van der Waals surface area (Å²) >= 11 is 0. The second-order valence-electron chi connectivity index (χ2n) is 4.10. The van der Waals surface area contributed by atoms with Gasteiger partial charge in [-0.2, -0.15) is 0 Å². The van der Waals surface area contributed by atoms with Crippen LogP contribution in [-0.2, 0) is 4.79 Å². The fourth-order valence-corrected chi connectivity index (χ4v) is 1.60. The summed E-state index contributed by atoms with van der Waals surface area (Å²) in [7, 11) is 0. The Morgan fingerprint density at radius 2 is 1.71 bits per heavy atom. The molecule has 0 saturated heterocycles. The van der Waals surface area contributed by atoms with Gasteiger partial charge in [-0.25, -0.2) is 4.79 Å². The minimum atomic E-state index is -0.843. The molecule has 0 saturated carbocycles. The average Bonchev–Trinajstić information content (AvgIpc) is 2.14. The molecule has 5 heteroatoms. The lowest BCUT2D eigenvalue weighted by Crippen LogP contribution is -2.43. The molecule has 0 aliphatic rings. The standard InChI is InChI=1S/C12H17N3O2/c1-7-4-8(2)6-10(5-7)14-9(3)11(16)15-12(13)17/h4-6,9,14H,1-3H3,(H3,13,15,16,17)/t9-/m1/s1. The topological polar surface area (TPSA) is 84.2 Å². The number of carbonyl (C=O) groups excluding carboxylic acids is 2. The van der Waals surface area contributed by atoms with Crippen LogP contribution in [0.4, 0.5) is 10.5 Å². The van der Waals surface area contributed by atoms with E-state index in [1.54, 1.807) is 6.92 Å². The Balaban J connectivity index is 2.70. The number of carbonyl (C=O) groups is 2. The molecule has 5 nitrogen and oxygen atoms in total. The molecule has 0 radical (unpaired) electrons. The van der Waals surface area contributed by atoms with Crippen molar-refractivity contribution in [3.63, 3.8) is 0 Å². The summed E-state index contributed by atoms with van der Waals surface area (Å²) in [5.41, 5.74) is 7.93. The number of nitrogens with one attached hydrogen (secondary N) is 2. The molecular weight excluding hydrogens is 218 g/mol. The van der Waals surface area contributed by atoms with E-state index in [9.17, 15) is 9.59 Å². The van der Waals surface area contributed by atoms with Crippen LogP contribution in [0.5, 0.6) is 0 Å². The fourth-order valence-electron chi connectivity index (χ4n) is 1.60. The number of imide groups is 1. The quantitative estimate of drug-likeness (QED) is 0.738. The number of benzene rings is 1. The van der Waals surface area contributed by atoms with Crippen LogP contribution in [0.2, 0.25) is 0 Å². The van der Waals surface area contributed by atoms with Crippen molar-refractivity contribution in [1.29, 1.82) is 0 Å². The van der Waals surface area contributed by atoms with Crippen molar-refractivity contribution in [3.8, 4) is 0 Å². The molecule has 0 fully saturated rings. The highest BCUT2D eigenvalue weighted by Gasteiger charge is 2.14. The molecule has 3 amide bonds. The predicted molar refractivity (Wildman–Crippen MR) is 66.7 cm³/mol. The number of urea groups is 1. The van der Waals surface area contributed by atoms with Crippen LogP contribution in [-0.4, -0.2) is 18.0 Å². The van der Waals surface area contributed by atoms with Gasteiger partial charge >= 0.3 is 6.03 Å². The van der Waals surface area contributed by atoms with E-state index in [4.69, 9.17) is 5.73 Å². The highest BCUT2D eigenvalue weighted by Crippen LogP contribution is 2.14. The molecule has 4 N–H and O–H groups in total. The summed E-state index contributed by atoms with van der Waals surface area (Å²) in [4.78, 5) is 22.0. The van der Waals surface area contributed by atoms with Crippen molar-refractivity contribution in [2.45, 2.75) is 26.8 Å². The lowest BCUT2D eigenvalue weighted by Gasteiger charge is -2.15. The van der Waals surface area contributed by atoms with Crippen molar-refractivity contribution in [2.75, 3.05) is 5.32 Å². The van der Waals surface area contributed by atoms with Crippen LogP contribution in [0.15, 0.2) is 18.2 Å². The number of nitrogens with two attached hydrogens (primary N) is 1. The predicted octanol–water partition coefficient (Wildman–Crippen LogP) is 1.30. The first-order chi connectivity index (χ1) is 7.88. The van der Waals surface area contributed by atoms with Crippen LogP contribution in [0.3, 0.4) is 0 Å². The van der Waals surface area contributed by atoms with Gasteiger partial charge in [0, 0.05) is 5.69 Å². The normalized spacial score (nSPS) is 11.7. The van der Waals surface area contributed by atoms with E-state index < -0.39 is 18.0 Å². The van der Waals surface area contributed by atoms with Crippen LogP contribution in [0, 0.1) is 13.8 Å². The van der Waals surface area contributed by atoms with Gasteiger partial charge in [0.1, 0.15) is 6.04 Å². The zero-order valence-electron chi connectivity index (χ0n) is 10.2. The van der Waals surface area contributed by atoms with E-state index in [0.717, 1.165) is 16.8 Å². The number of aryl methyl sites for hydroxylation is 2. The molecular formula is C12H17N3O2. The average molecular weight is 235 g/mol. The lowest BCUT2D eigenvalue weighted by atomic mass is 10.1. The highest BCUT2D eigenvalue weighted by atomic mass is 16.2. The molecule has 17 heavy (non-hydrogen) atoms. The summed E-state index contributed by atoms with van der Waals surface area (Å²) in [6, 6.07) is 4.54. The lowest BCUT2D eigenvalue weighted by molar-refractivity contribution is -0.120. The number of hydrogen-bond donors (Lipinski definition) is 3. The van der Waals surface area contributed by atoms with E-state index in [0.29, 0.717) is 0 Å². The van der Waals surface area contributed by atoms with Gasteiger partial charge in [0.2, 0.25) is 5.91 Å². The van der Waals surface area contributed by atoms with Crippen LogP contribution in [0.25, 0.3) is 0 Å². The third kappa shape index (κ3) is 4.14. The molecule has 0 heterocycles. The van der Waals surface area contributed by atoms with E-state index in [1.165, 1.54) is 0 Å². The first kappa shape index (κ1) is 13.0. The molecule has 0 unspecified atom stereocenters. The zero-order valence-corrected chi connectivity index (χ0v) is 10.2. The zero-order chi connectivity index (χ0) is 13.0. The Morgan fingerprint density at radius 1 is 1.18 bits per heavy atom. The van der Waals surface area contributed by atoms with E-state index in [-0.39, 0.29) is 0 Å². The Hall–Kier alpha value is -2.04. The second-order valence-corrected chi connectivity index (χ2v) is 4.10. The van der Waals surface area contributed by atoms with Gasteiger partial charge in [-0.3, -0.25) is 10.1 Å². The first-order valence-electron chi connectivity index (χ1n) is 5.33. The largest absolute Gasteiger partial charge is 0.374 e. The summed E-state index contributed by atoms with van der Waals surface area (Å²) in [5.74, 6) is -0.448. The molecule has 0 aliphatic heterocycles. The summed E-state index contributed by atoms with van der Waals surface area (Å²) in [6.45, 7) is 5.62. The number of hydrogen-bond acceptors (Lipinski definition) is 3. The van der Waals surface area contributed by atoms with Gasteiger partial charge in [0.05, 0.1) is 0 Å². The van der Waals surface area contributed by atoms with Crippen molar-refractivity contribution < 1.29 is 9.59 Å². The highest BCUT2D eigenvalue weighted by molar-refractivity contribution is 5.97. The Morgan fingerprint density at radius 3 is 2.18 bits per heavy atom. The maximum Gasteiger partial charge on any atom is 0.318 e. The van der Waals surface area contributed by atoms with Crippen molar-refractivity contribution >= 4 is 17.6 Å². The molecule has 1 atom stereocenters. The van der Waals surface area contributed by atoms with Gasteiger partial charge in [-0.15, -0.1) is 0 Å². The Labute approximate surface area is 100 Å². The van der Waals surface area contributed by atoms with E-state index >= 15 is 0 Å². The van der Waals surface area contributed by atoms with Crippen molar-refractivity contribution in [1.82, 2.24) is 5.32 Å². The van der Waals surface area contributed by atoms with Crippen LogP contribution >= 0.6 is 0 Å². The monoisotopic (exact) mass is 235 g/mol. The van der Waals surface area contributed by atoms with Gasteiger partial charge in [0.15, 0.2) is 0 Å². The van der Waals surface area contributed by atoms with Crippen molar-refractivity contribution in [3.05, 3.63) is 29.3 Å². The maximum atomic E-state index is 11.5. The molecule has 0 spiro atoms. The fraction of sp³-hybridized carbons (Fsp3) is 0.333. The van der Waals surface area contributed by atoms with Crippen LogP contribution in [0.1, 0.15) is 18.1 Å². The minimum Gasteiger partial charge on any atom is -0.374 e. The molecule has 0 bridgehead atoms. The van der Waals surface area contributed by atoms with Gasteiger partial charge in [0.25, 0.3) is 0 Å². The first-order valence-corrected chi connectivity index (χ1v) is 5.33. The Bertz CT molecular complexity index is 423. The maximum absolute atomic E-state index is 11.5. The van der Waals surface area contributed by atoms with Gasteiger partial charge in [-0.1, -0.05) is 6.07 Å². The van der Waals surface area contributed by atoms with E-state index in [2.05, 4.69) is 5.32 Å². The summed E-state index contributed by atoms with van der Waals surface area (Å²) < 4.78 is 0. The third-order valence-corrected chi connectivity index (χ3v) is 2.24. The second kappa shape index (κ2) is 5.34. The smallest absolute Gasteiger partial charge is 0.318 e. The number of amides is 3. The van der Waals surface area contributed by atoms with Gasteiger partial charge in [-0.05, 0) is 44.0 Å².